The van der Waals surface area contributed by atoms with Gasteiger partial charge in [-0.05, 0) is 87.2 Å². The zero-order chi connectivity index (χ0) is 31.2. The van der Waals surface area contributed by atoms with Crippen LogP contribution >= 0.6 is 11.3 Å². The van der Waals surface area contributed by atoms with E-state index in [9.17, 15) is 0 Å². The van der Waals surface area contributed by atoms with Gasteiger partial charge in [-0.25, -0.2) is 0 Å². The molecule has 0 aliphatic carbocycles. The summed E-state index contributed by atoms with van der Waals surface area (Å²) in [4.78, 5) is 3.70. The number of aryl methyl sites for hydroxylation is 1. The number of fused-ring (bicyclic) bond motifs is 4. The second kappa shape index (κ2) is 9.86. The van der Waals surface area contributed by atoms with E-state index < -0.39 is 0 Å². The van der Waals surface area contributed by atoms with Gasteiger partial charge in [0.25, 0.3) is 6.71 Å². The highest BCUT2D eigenvalue weighted by atomic mass is 32.1. The molecular weight excluding hydrogens is 565 g/mol. The van der Waals surface area contributed by atoms with Crippen LogP contribution in [0.15, 0.2) is 103 Å². The molecule has 0 atom stereocenters. The molecule has 8 rings (SSSR count). The lowest BCUT2D eigenvalue weighted by atomic mass is 9.33. The Balaban J connectivity index is 1.40. The Kier molecular flexibility index (Phi) is 6.18. The van der Waals surface area contributed by atoms with E-state index in [-0.39, 0.29) is 17.5 Å². The lowest BCUT2D eigenvalue weighted by Gasteiger charge is -2.35. The molecule has 0 bridgehead atoms. The van der Waals surface area contributed by atoms with Crippen molar-refractivity contribution in [3.63, 3.8) is 0 Å². The molecule has 2 nitrogen and oxygen atoms in total. The minimum absolute atomic E-state index is 0.0134. The largest absolute Gasteiger partial charge is 0.458 e. The summed E-state index contributed by atoms with van der Waals surface area (Å²) in [7, 11) is 0. The van der Waals surface area contributed by atoms with Gasteiger partial charge >= 0.3 is 0 Å². The van der Waals surface area contributed by atoms with Crippen LogP contribution in [0.1, 0.15) is 57.5 Å². The number of rotatable bonds is 3. The SMILES string of the molecule is Cc1sc2c(C(C)(C)C)ccc3c2c1-c1cc(C(C)(C)C)cc2c1B3c1ccc(N(c3ccccc3)c3ccccc3)cc1O2. The normalized spacial score (nSPS) is 13.4. The highest BCUT2D eigenvalue weighted by molar-refractivity contribution is 7.20. The standard InChI is InChI=1S/C41H38BNOS/c1-25-36-30-22-26(40(2,3)4)23-35-38(30)42(33-21-19-31(41(5,6)7)39(45-25)37(33)36)32-20-18-29(24-34(32)44-35)43(27-14-10-8-11-15-27)28-16-12-9-13-17-28/h8-24H,1-7H3. The van der Waals surface area contributed by atoms with E-state index in [0.29, 0.717) is 0 Å². The summed E-state index contributed by atoms with van der Waals surface area (Å²) in [5, 5.41) is 1.44. The third-order valence-electron chi connectivity index (χ3n) is 9.55. The summed E-state index contributed by atoms with van der Waals surface area (Å²) in [6.07, 6.45) is 0. The minimum Gasteiger partial charge on any atom is -0.458 e. The van der Waals surface area contributed by atoms with Gasteiger partial charge in [0.05, 0.1) is 0 Å². The molecule has 5 aromatic carbocycles. The second-order valence-corrected chi connectivity index (χ2v) is 15.9. The van der Waals surface area contributed by atoms with Gasteiger partial charge < -0.3 is 9.64 Å². The van der Waals surface area contributed by atoms with E-state index in [1.807, 2.05) is 11.3 Å². The first-order valence-corrected chi connectivity index (χ1v) is 16.8. The van der Waals surface area contributed by atoms with Crippen LogP contribution in [0, 0.1) is 6.92 Å². The van der Waals surface area contributed by atoms with Crippen LogP contribution in [0.4, 0.5) is 17.1 Å². The number of hydrogen-bond acceptors (Lipinski definition) is 3. The highest BCUT2D eigenvalue weighted by Crippen LogP contribution is 2.47. The van der Waals surface area contributed by atoms with E-state index >= 15 is 0 Å². The Hall–Kier alpha value is -4.28. The molecule has 0 unspecified atom stereocenters. The summed E-state index contributed by atoms with van der Waals surface area (Å²) in [5.41, 5.74) is 12.8. The highest BCUT2D eigenvalue weighted by Gasteiger charge is 2.42. The summed E-state index contributed by atoms with van der Waals surface area (Å²) >= 11 is 1.96. The monoisotopic (exact) mass is 603 g/mol. The van der Waals surface area contributed by atoms with Crippen LogP contribution in [-0.4, -0.2) is 6.71 Å². The number of para-hydroxylation sites is 2. The van der Waals surface area contributed by atoms with Gasteiger partial charge in [0.1, 0.15) is 11.5 Å². The quantitative estimate of drug-likeness (QED) is 0.186. The van der Waals surface area contributed by atoms with Crippen molar-refractivity contribution in [3.05, 3.63) is 119 Å². The van der Waals surface area contributed by atoms with Crippen LogP contribution in [0.5, 0.6) is 11.5 Å². The van der Waals surface area contributed by atoms with Gasteiger partial charge in [-0.15, -0.1) is 11.3 Å². The van der Waals surface area contributed by atoms with E-state index in [4.69, 9.17) is 4.74 Å². The van der Waals surface area contributed by atoms with Crippen molar-refractivity contribution in [2.24, 2.45) is 0 Å². The molecule has 2 aliphatic heterocycles. The Morgan fingerprint density at radius 1 is 0.644 bits per heavy atom. The first-order chi connectivity index (χ1) is 21.5. The van der Waals surface area contributed by atoms with Crippen LogP contribution in [-0.2, 0) is 10.8 Å². The molecule has 0 amide bonds. The van der Waals surface area contributed by atoms with Crippen LogP contribution in [0.3, 0.4) is 0 Å². The average molecular weight is 604 g/mol. The molecule has 0 radical (unpaired) electrons. The first kappa shape index (κ1) is 28.2. The first-order valence-electron chi connectivity index (χ1n) is 16.0. The summed E-state index contributed by atoms with van der Waals surface area (Å²) in [6, 6.07) is 37.6. The molecule has 45 heavy (non-hydrogen) atoms. The van der Waals surface area contributed by atoms with Gasteiger partial charge in [-0.2, -0.15) is 0 Å². The van der Waals surface area contributed by atoms with E-state index in [1.54, 1.807) is 0 Å². The lowest BCUT2D eigenvalue weighted by molar-refractivity contribution is 0.483. The van der Waals surface area contributed by atoms with E-state index in [0.717, 1.165) is 28.6 Å². The van der Waals surface area contributed by atoms with Crippen LogP contribution in [0.2, 0.25) is 0 Å². The second-order valence-electron chi connectivity index (χ2n) is 14.6. The average Bonchev–Trinajstić information content (AvgIpc) is 3.36. The van der Waals surface area contributed by atoms with Gasteiger partial charge in [-0.1, -0.05) is 108 Å². The lowest BCUT2D eigenvalue weighted by Crippen LogP contribution is -2.57. The maximum Gasteiger partial charge on any atom is 0.252 e. The van der Waals surface area contributed by atoms with Crippen molar-refractivity contribution in [2.75, 3.05) is 4.90 Å². The number of nitrogens with zero attached hydrogens (tertiary/aromatic N) is 1. The fraction of sp³-hybridized carbons (Fsp3) is 0.220. The van der Waals surface area contributed by atoms with Crippen molar-refractivity contribution in [1.82, 2.24) is 0 Å². The van der Waals surface area contributed by atoms with E-state index in [2.05, 4.69) is 156 Å². The Morgan fingerprint density at radius 3 is 1.91 bits per heavy atom. The van der Waals surface area contributed by atoms with Gasteiger partial charge in [0.2, 0.25) is 0 Å². The fourth-order valence-corrected chi connectivity index (χ4v) is 8.76. The molecule has 3 heterocycles. The molecule has 0 saturated heterocycles. The minimum atomic E-state index is -0.0134. The van der Waals surface area contributed by atoms with Crippen molar-refractivity contribution in [3.8, 4) is 22.6 Å². The smallest absolute Gasteiger partial charge is 0.252 e. The molecule has 0 saturated carbocycles. The molecule has 6 aromatic rings. The third kappa shape index (κ3) is 4.37. The zero-order valence-corrected chi connectivity index (χ0v) is 28.0. The maximum absolute atomic E-state index is 7.00. The maximum atomic E-state index is 7.00. The predicted molar refractivity (Wildman–Crippen MR) is 195 cm³/mol. The Morgan fingerprint density at radius 2 is 1.29 bits per heavy atom. The van der Waals surface area contributed by atoms with Crippen molar-refractivity contribution < 1.29 is 4.74 Å². The van der Waals surface area contributed by atoms with Crippen LogP contribution in [0.25, 0.3) is 21.2 Å². The fourth-order valence-electron chi connectivity index (χ4n) is 7.33. The van der Waals surface area contributed by atoms with Crippen LogP contribution < -0.4 is 26.0 Å². The van der Waals surface area contributed by atoms with Crippen molar-refractivity contribution >= 4 is 61.6 Å². The van der Waals surface area contributed by atoms with Crippen molar-refractivity contribution in [1.29, 1.82) is 0 Å². The molecule has 1 aromatic heterocycles. The number of thiophene rings is 1. The molecule has 0 spiro atoms. The van der Waals surface area contributed by atoms with Gasteiger partial charge in [0, 0.05) is 38.3 Å². The number of anilines is 3. The molecule has 222 valence electrons. The third-order valence-corrected chi connectivity index (χ3v) is 10.7. The number of benzene rings is 5. The topological polar surface area (TPSA) is 12.5 Å². The van der Waals surface area contributed by atoms with Gasteiger partial charge in [-0.3, -0.25) is 0 Å². The number of hydrogen-bond donors (Lipinski definition) is 0. The van der Waals surface area contributed by atoms with Crippen molar-refractivity contribution in [2.45, 2.75) is 59.3 Å². The van der Waals surface area contributed by atoms with Gasteiger partial charge in [0.15, 0.2) is 0 Å². The molecule has 2 aliphatic rings. The summed E-state index contributed by atoms with van der Waals surface area (Å²) < 4.78 is 8.44. The summed E-state index contributed by atoms with van der Waals surface area (Å²) in [5.74, 6) is 1.92. The summed E-state index contributed by atoms with van der Waals surface area (Å²) in [6.45, 7) is 16.3. The zero-order valence-electron chi connectivity index (χ0n) is 27.2. The predicted octanol–water partition coefficient (Wildman–Crippen LogP) is 9.88. The van der Waals surface area contributed by atoms with E-state index in [1.165, 1.54) is 53.6 Å². The Labute approximate surface area is 271 Å². The molecule has 0 N–H and O–H groups in total. The molecular formula is C41H38BNOS. The molecule has 0 fully saturated rings. The molecule has 4 heteroatoms. The Bertz CT molecular complexity index is 2080. The number of ether oxygens (including phenoxy) is 1.